The van der Waals surface area contributed by atoms with Gasteiger partial charge in [0, 0.05) is 6.42 Å². The zero-order valence-corrected chi connectivity index (χ0v) is 5.51. The highest BCUT2D eigenvalue weighted by Gasteiger charge is 2.13. The highest BCUT2D eigenvalue weighted by Crippen LogP contribution is 2.09. The molecule has 0 bridgehead atoms. The second-order valence-corrected chi connectivity index (χ2v) is 2.04. The van der Waals surface area contributed by atoms with Crippen LogP contribution in [0.2, 0.25) is 0 Å². The van der Waals surface area contributed by atoms with Gasteiger partial charge in [-0.25, -0.2) is 0 Å². The van der Waals surface area contributed by atoms with Gasteiger partial charge < -0.3 is 9.47 Å². The molecule has 2 nitrogen and oxygen atoms in total. The maximum Gasteiger partial charge on any atom is 0.158 e. The summed E-state index contributed by atoms with van der Waals surface area (Å²) in [6.07, 6.45) is 3.85. The normalized spacial score (nSPS) is 20.4. The fraction of sp³-hybridized carbons (Fsp3) is 0.714. The van der Waals surface area contributed by atoms with E-state index in [-0.39, 0.29) is 6.29 Å². The Balaban J connectivity index is 2.04. The van der Waals surface area contributed by atoms with E-state index >= 15 is 0 Å². The molecule has 1 aliphatic rings. The molecule has 1 fully saturated rings. The van der Waals surface area contributed by atoms with Gasteiger partial charge in [-0.2, -0.15) is 0 Å². The van der Waals surface area contributed by atoms with E-state index in [1.54, 1.807) is 0 Å². The van der Waals surface area contributed by atoms with Crippen LogP contribution in [0.3, 0.4) is 0 Å². The van der Waals surface area contributed by atoms with Gasteiger partial charge in [0.25, 0.3) is 0 Å². The lowest BCUT2D eigenvalue weighted by Gasteiger charge is -2.04. The quantitative estimate of drug-likeness (QED) is 0.534. The number of hydrogen-bond acceptors (Lipinski definition) is 2. The Morgan fingerprint density at radius 1 is 1.44 bits per heavy atom. The average Bonchev–Trinajstić information content (AvgIpc) is 2.34. The summed E-state index contributed by atoms with van der Waals surface area (Å²) in [6.45, 7) is 5.11. The van der Waals surface area contributed by atoms with Crippen LogP contribution in [0.4, 0.5) is 0 Å². The zero-order valence-electron chi connectivity index (χ0n) is 5.51. The van der Waals surface area contributed by atoms with Crippen molar-refractivity contribution in [3.05, 3.63) is 12.7 Å². The van der Waals surface area contributed by atoms with Crippen molar-refractivity contribution in [2.45, 2.75) is 19.1 Å². The van der Waals surface area contributed by atoms with Crippen LogP contribution in [-0.4, -0.2) is 19.5 Å². The predicted octanol–water partition coefficient (Wildman–Crippen LogP) is 1.33. The minimum Gasteiger partial charge on any atom is -0.350 e. The van der Waals surface area contributed by atoms with Crippen LogP contribution in [0.1, 0.15) is 12.8 Å². The summed E-state index contributed by atoms with van der Waals surface area (Å²) >= 11 is 0. The maximum absolute atomic E-state index is 5.18. The summed E-state index contributed by atoms with van der Waals surface area (Å²) < 4.78 is 10.4. The first-order valence-corrected chi connectivity index (χ1v) is 3.27. The predicted molar refractivity (Wildman–Crippen MR) is 35.1 cm³/mol. The molecule has 0 unspecified atom stereocenters. The van der Waals surface area contributed by atoms with Crippen molar-refractivity contribution in [2.24, 2.45) is 0 Å². The molecule has 0 radical (unpaired) electrons. The Kier molecular flexibility index (Phi) is 2.74. The minimum atomic E-state index is 0.0444. The Labute approximate surface area is 55.5 Å². The molecular weight excluding hydrogens is 116 g/mol. The molecule has 0 N–H and O–H groups in total. The van der Waals surface area contributed by atoms with E-state index < -0.39 is 0 Å². The highest BCUT2D eigenvalue weighted by molar-refractivity contribution is 4.67. The number of rotatable bonds is 3. The molecule has 0 aliphatic carbocycles. The molecule has 0 atom stereocenters. The first-order chi connectivity index (χ1) is 4.43. The van der Waals surface area contributed by atoms with Crippen molar-refractivity contribution >= 4 is 0 Å². The van der Waals surface area contributed by atoms with Gasteiger partial charge in [-0.15, -0.1) is 6.58 Å². The number of allylic oxidation sites excluding steroid dienone is 1. The summed E-state index contributed by atoms with van der Waals surface area (Å²) in [4.78, 5) is 0. The lowest BCUT2D eigenvalue weighted by Crippen LogP contribution is -2.05. The van der Waals surface area contributed by atoms with Crippen LogP contribution in [0.5, 0.6) is 0 Å². The number of hydrogen-bond donors (Lipinski definition) is 0. The van der Waals surface area contributed by atoms with Crippen LogP contribution < -0.4 is 0 Å². The summed E-state index contributed by atoms with van der Waals surface area (Å²) in [7, 11) is 0. The van der Waals surface area contributed by atoms with Crippen molar-refractivity contribution in [3.8, 4) is 0 Å². The van der Waals surface area contributed by atoms with Crippen molar-refractivity contribution in [3.63, 3.8) is 0 Å². The van der Waals surface area contributed by atoms with Crippen LogP contribution in [0, 0.1) is 0 Å². The standard InChI is InChI=1S/C7H12O2/c1-2-3-4-7-8-5-6-9-7/h2,7H,1,3-6H2. The van der Waals surface area contributed by atoms with E-state index in [0.29, 0.717) is 0 Å². The molecule has 1 saturated heterocycles. The highest BCUT2D eigenvalue weighted by atomic mass is 16.7. The van der Waals surface area contributed by atoms with Crippen molar-refractivity contribution in [2.75, 3.05) is 13.2 Å². The first-order valence-electron chi connectivity index (χ1n) is 3.27. The lowest BCUT2D eigenvalue weighted by atomic mass is 10.3. The van der Waals surface area contributed by atoms with Crippen molar-refractivity contribution in [1.29, 1.82) is 0 Å². The van der Waals surface area contributed by atoms with Gasteiger partial charge in [-0.3, -0.25) is 0 Å². The van der Waals surface area contributed by atoms with E-state index in [4.69, 9.17) is 9.47 Å². The molecule has 2 heteroatoms. The fourth-order valence-corrected chi connectivity index (χ4v) is 0.828. The Bertz CT molecular complexity index is 84.9. The molecule has 0 saturated carbocycles. The Morgan fingerprint density at radius 2 is 2.11 bits per heavy atom. The van der Waals surface area contributed by atoms with Crippen molar-refractivity contribution in [1.82, 2.24) is 0 Å². The smallest absolute Gasteiger partial charge is 0.158 e. The van der Waals surface area contributed by atoms with Crippen LogP contribution in [0.25, 0.3) is 0 Å². The molecule has 1 aliphatic heterocycles. The average molecular weight is 128 g/mol. The second-order valence-electron chi connectivity index (χ2n) is 2.04. The number of ether oxygens (including phenoxy) is 2. The van der Waals surface area contributed by atoms with Crippen LogP contribution in [0.15, 0.2) is 12.7 Å². The molecule has 0 spiro atoms. The third-order valence-corrected chi connectivity index (χ3v) is 1.30. The van der Waals surface area contributed by atoms with Gasteiger partial charge in [0.2, 0.25) is 0 Å². The molecule has 0 amide bonds. The second kappa shape index (κ2) is 3.64. The topological polar surface area (TPSA) is 18.5 Å². The molecule has 1 heterocycles. The molecule has 9 heavy (non-hydrogen) atoms. The van der Waals surface area contributed by atoms with Gasteiger partial charge in [-0.1, -0.05) is 6.08 Å². The van der Waals surface area contributed by atoms with E-state index in [1.165, 1.54) is 0 Å². The van der Waals surface area contributed by atoms with E-state index in [2.05, 4.69) is 6.58 Å². The molecule has 0 aromatic carbocycles. The van der Waals surface area contributed by atoms with Gasteiger partial charge in [-0.05, 0) is 6.42 Å². The van der Waals surface area contributed by atoms with Crippen molar-refractivity contribution < 1.29 is 9.47 Å². The third-order valence-electron chi connectivity index (χ3n) is 1.30. The third kappa shape index (κ3) is 2.16. The van der Waals surface area contributed by atoms with Crippen LogP contribution in [-0.2, 0) is 9.47 Å². The SMILES string of the molecule is C=CCCC1OCCO1. The van der Waals surface area contributed by atoms with Gasteiger partial charge in [0.1, 0.15) is 0 Å². The van der Waals surface area contributed by atoms with E-state index in [1.807, 2.05) is 6.08 Å². The van der Waals surface area contributed by atoms with Gasteiger partial charge in [0.05, 0.1) is 13.2 Å². The fourth-order valence-electron chi connectivity index (χ4n) is 0.828. The molecule has 0 aromatic rings. The largest absolute Gasteiger partial charge is 0.350 e. The molecule has 52 valence electrons. The van der Waals surface area contributed by atoms with Crippen LogP contribution >= 0.6 is 0 Å². The Hall–Kier alpha value is -0.340. The zero-order chi connectivity index (χ0) is 6.53. The first kappa shape index (κ1) is 6.78. The van der Waals surface area contributed by atoms with E-state index in [9.17, 15) is 0 Å². The summed E-state index contributed by atoms with van der Waals surface area (Å²) in [6, 6.07) is 0. The summed E-state index contributed by atoms with van der Waals surface area (Å²) in [5.74, 6) is 0. The monoisotopic (exact) mass is 128 g/mol. The van der Waals surface area contributed by atoms with E-state index in [0.717, 1.165) is 26.1 Å². The summed E-state index contributed by atoms with van der Waals surface area (Å²) in [5.41, 5.74) is 0. The molecular formula is C7H12O2. The minimum absolute atomic E-state index is 0.0444. The maximum atomic E-state index is 5.18. The Morgan fingerprint density at radius 3 is 2.67 bits per heavy atom. The lowest BCUT2D eigenvalue weighted by molar-refractivity contribution is -0.0457. The van der Waals surface area contributed by atoms with Gasteiger partial charge >= 0.3 is 0 Å². The van der Waals surface area contributed by atoms with Gasteiger partial charge in [0.15, 0.2) is 6.29 Å². The molecule has 0 aromatic heterocycles. The molecule has 1 rings (SSSR count). The summed E-state index contributed by atoms with van der Waals surface area (Å²) in [5, 5.41) is 0.